The number of sulfonamides is 1. The van der Waals surface area contributed by atoms with E-state index < -0.39 is 14.9 Å². The number of carbonyl (C=O) groups excluding carboxylic acids is 1. The Balaban J connectivity index is 1.88. The molecule has 0 radical (unpaired) electrons. The summed E-state index contributed by atoms with van der Waals surface area (Å²) in [5.41, 5.74) is 1.43. The summed E-state index contributed by atoms with van der Waals surface area (Å²) in [5, 5.41) is 10.8. The number of rotatable bonds is 5. The summed E-state index contributed by atoms with van der Waals surface area (Å²) >= 11 is 0. The lowest BCUT2D eigenvalue weighted by Gasteiger charge is -2.16. The largest absolute Gasteiger partial charge is 0.312 e. The number of amides is 1. The monoisotopic (exact) mass is 375 g/mol. The van der Waals surface area contributed by atoms with Crippen LogP contribution in [0.3, 0.4) is 0 Å². The molecule has 0 spiro atoms. The summed E-state index contributed by atoms with van der Waals surface area (Å²) in [6.45, 7) is 2.31. The third-order valence-corrected chi connectivity index (χ3v) is 5.55. The van der Waals surface area contributed by atoms with Crippen molar-refractivity contribution in [1.29, 1.82) is 0 Å². The average molecular weight is 375 g/mol. The number of carbonyl (C=O) groups is 1. The van der Waals surface area contributed by atoms with Crippen molar-refractivity contribution in [1.82, 2.24) is 0 Å². The van der Waals surface area contributed by atoms with Gasteiger partial charge in [-0.2, -0.15) is 0 Å². The van der Waals surface area contributed by atoms with Crippen LogP contribution in [0.25, 0.3) is 0 Å². The zero-order chi connectivity index (χ0) is 18.9. The van der Waals surface area contributed by atoms with E-state index in [2.05, 4.69) is 4.72 Å². The fraction of sp³-hybridized carbons (Fsp3) is 0.235. The second-order valence-electron chi connectivity index (χ2n) is 5.85. The Morgan fingerprint density at radius 3 is 2.73 bits per heavy atom. The van der Waals surface area contributed by atoms with E-state index in [0.717, 1.165) is 17.3 Å². The summed E-state index contributed by atoms with van der Waals surface area (Å²) in [6, 6.07) is 9.89. The van der Waals surface area contributed by atoms with Crippen LogP contribution in [0.2, 0.25) is 0 Å². The van der Waals surface area contributed by atoms with Gasteiger partial charge in [0.1, 0.15) is 0 Å². The first kappa shape index (κ1) is 17.9. The molecule has 2 aromatic rings. The van der Waals surface area contributed by atoms with Crippen molar-refractivity contribution >= 4 is 33.0 Å². The van der Waals surface area contributed by atoms with Crippen LogP contribution in [-0.2, 0) is 21.2 Å². The first-order valence-corrected chi connectivity index (χ1v) is 9.50. The zero-order valence-corrected chi connectivity index (χ0v) is 14.8. The highest BCUT2D eigenvalue weighted by molar-refractivity contribution is 7.92. The number of fused-ring (bicyclic) bond motifs is 1. The van der Waals surface area contributed by atoms with Gasteiger partial charge in [-0.3, -0.25) is 19.6 Å². The van der Waals surface area contributed by atoms with Crippen LogP contribution < -0.4 is 9.62 Å². The molecule has 0 atom stereocenters. The molecule has 26 heavy (non-hydrogen) atoms. The number of hydrogen-bond acceptors (Lipinski definition) is 5. The van der Waals surface area contributed by atoms with Crippen molar-refractivity contribution in [2.75, 3.05) is 16.2 Å². The quantitative estimate of drug-likeness (QED) is 0.638. The summed E-state index contributed by atoms with van der Waals surface area (Å²) in [6.07, 6.45) is 0.967. The van der Waals surface area contributed by atoms with Crippen molar-refractivity contribution < 1.29 is 18.1 Å². The van der Waals surface area contributed by atoms with E-state index in [9.17, 15) is 23.3 Å². The van der Waals surface area contributed by atoms with E-state index in [-0.39, 0.29) is 22.2 Å². The van der Waals surface area contributed by atoms with E-state index in [1.54, 1.807) is 17.9 Å². The molecule has 1 aliphatic heterocycles. The molecule has 2 aromatic carbocycles. The third kappa shape index (κ3) is 3.38. The number of nitro groups is 1. The molecule has 3 rings (SSSR count). The second-order valence-corrected chi connectivity index (χ2v) is 7.53. The predicted molar refractivity (Wildman–Crippen MR) is 96.7 cm³/mol. The van der Waals surface area contributed by atoms with Crippen molar-refractivity contribution in [3.8, 4) is 0 Å². The summed E-state index contributed by atoms with van der Waals surface area (Å²) < 4.78 is 27.5. The Kier molecular flexibility index (Phi) is 4.64. The van der Waals surface area contributed by atoms with Crippen LogP contribution in [0, 0.1) is 10.1 Å². The Morgan fingerprint density at radius 1 is 1.27 bits per heavy atom. The zero-order valence-electron chi connectivity index (χ0n) is 14.0. The lowest BCUT2D eigenvalue weighted by molar-refractivity contribution is -0.384. The smallest absolute Gasteiger partial charge is 0.271 e. The molecule has 8 nitrogen and oxygen atoms in total. The molecule has 1 aliphatic rings. The standard InChI is InChI=1S/C17H17N3O5S/c1-2-17(21)19-9-8-12-10-15(6-7-16(12)19)26(24,25)18-13-4-3-5-14(11-13)20(22)23/h3-7,10-11,18H,2,8-9H2,1H3. The van der Waals surface area contributed by atoms with Crippen LogP contribution >= 0.6 is 0 Å². The highest BCUT2D eigenvalue weighted by Crippen LogP contribution is 2.31. The van der Waals surface area contributed by atoms with E-state index in [0.29, 0.717) is 19.4 Å². The topological polar surface area (TPSA) is 110 Å². The minimum absolute atomic E-state index is 0.00548. The Hall–Kier alpha value is -2.94. The van der Waals surface area contributed by atoms with Crippen molar-refractivity contribution in [3.05, 3.63) is 58.1 Å². The first-order valence-electron chi connectivity index (χ1n) is 8.02. The third-order valence-electron chi connectivity index (χ3n) is 4.17. The highest BCUT2D eigenvalue weighted by atomic mass is 32.2. The molecule has 0 unspecified atom stereocenters. The van der Waals surface area contributed by atoms with E-state index >= 15 is 0 Å². The maximum Gasteiger partial charge on any atom is 0.271 e. The van der Waals surface area contributed by atoms with Crippen LogP contribution in [-0.4, -0.2) is 25.8 Å². The Bertz CT molecular complexity index is 988. The molecule has 0 bridgehead atoms. The van der Waals surface area contributed by atoms with Gasteiger partial charge >= 0.3 is 0 Å². The van der Waals surface area contributed by atoms with Gasteiger partial charge < -0.3 is 4.90 Å². The molecule has 1 amide bonds. The van der Waals surface area contributed by atoms with Gasteiger partial charge in [-0.1, -0.05) is 13.0 Å². The van der Waals surface area contributed by atoms with Crippen molar-refractivity contribution in [2.24, 2.45) is 0 Å². The summed E-state index contributed by atoms with van der Waals surface area (Å²) in [4.78, 5) is 23.9. The highest BCUT2D eigenvalue weighted by Gasteiger charge is 2.26. The molecule has 0 saturated carbocycles. The number of non-ortho nitro benzene ring substituents is 1. The SMILES string of the molecule is CCC(=O)N1CCc2cc(S(=O)(=O)Nc3cccc([N+](=O)[O-])c3)ccc21. The van der Waals surface area contributed by atoms with Crippen LogP contribution in [0.15, 0.2) is 47.4 Å². The molecule has 1 N–H and O–H groups in total. The predicted octanol–water partition coefficient (Wildman–Crippen LogP) is 2.69. The van der Waals surface area contributed by atoms with E-state index in [1.165, 1.54) is 30.3 Å². The van der Waals surface area contributed by atoms with Gasteiger partial charge in [-0.15, -0.1) is 0 Å². The van der Waals surface area contributed by atoms with E-state index in [1.807, 2.05) is 0 Å². The molecule has 0 saturated heterocycles. The number of nitrogens with zero attached hydrogens (tertiary/aromatic N) is 2. The van der Waals surface area contributed by atoms with Crippen molar-refractivity contribution in [2.45, 2.75) is 24.7 Å². The first-order chi connectivity index (χ1) is 12.3. The number of benzene rings is 2. The lowest BCUT2D eigenvalue weighted by Crippen LogP contribution is -2.27. The van der Waals surface area contributed by atoms with Gasteiger partial charge in [-0.25, -0.2) is 8.42 Å². The maximum absolute atomic E-state index is 12.6. The summed E-state index contributed by atoms with van der Waals surface area (Å²) in [7, 11) is -3.90. The number of hydrogen-bond donors (Lipinski definition) is 1. The normalized spacial score (nSPS) is 13.3. The minimum atomic E-state index is -3.90. The van der Waals surface area contributed by atoms with Gasteiger partial charge in [0.2, 0.25) is 5.91 Å². The summed E-state index contributed by atoms with van der Waals surface area (Å²) in [5.74, 6) is -0.00548. The molecule has 0 aliphatic carbocycles. The minimum Gasteiger partial charge on any atom is -0.312 e. The molecule has 136 valence electrons. The second kappa shape index (κ2) is 6.75. The number of nitrogens with one attached hydrogen (secondary N) is 1. The lowest BCUT2D eigenvalue weighted by atomic mass is 10.2. The fourth-order valence-corrected chi connectivity index (χ4v) is 3.99. The number of anilines is 2. The van der Waals surface area contributed by atoms with Gasteiger partial charge in [0, 0.05) is 30.8 Å². The molecular weight excluding hydrogens is 358 g/mol. The van der Waals surface area contributed by atoms with Crippen LogP contribution in [0.5, 0.6) is 0 Å². The fourth-order valence-electron chi connectivity index (χ4n) is 2.89. The molecule has 9 heteroatoms. The van der Waals surface area contributed by atoms with E-state index in [4.69, 9.17) is 0 Å². The van der Waals surface area contributed by atoms with Gasteiger partial charge in [0.25, 0.3) is 15.7 Å². The van der Waals surface area contributed by atoms with Gasteiger partial charge in [-0.05, 0) is 36.2 Å². The number of nitro benzene ring substituents is 1. The molecule has 0 fully saturated rings. The van der Waals surface area contributed by atoms with Crippen LogP contribution in [0.1, 0.15) is 18.9 Å². The molecular formula is C17H17N3O5S. The molecule has 1 heterocycles. The van der Waals surface area contributed by atoms with Crippen molar-refractivity contribution in [3.63, 3.8) is 0 Å². The Morgan fingerprint density at radius 2 is 2.04 bits per heavy atom. The molecule has 0 aromatic heterocycles. The average Bonchev–Trinajstić information content (AvgIpc) is 3.04. The van der Waals surface area contributed by atoms with Crippen LogP contribution in [0.4, 0.5) is 17.1 Å². The Labute approximate surface area is 150 Å². The van der Waals surface area contributed by atoms with Gasteiger partial charge in [0.05, 0.1) is 15.5 Å². The maximum atomic E-state index is 12.6. The van der Waals surface area contributed by atoms with Gasteiger partial charge in [0.15, 0.2) is 0 Å².